The Hall–Kier alpha value is -1.56. The van der Waals surface area contributed by atoms with Crippen LogP contribution in [0.25, 0.3) is 0 Å². The first-order chi connectivity index (χ1) is 8.15. The van der Waals surface area contributed by atoms with Gasteiger partial charge in [-0.3, -0.25) is 9.78 Å². The summed E-state index contributed by atoms with van der Waals surface area (Å²) in [7, 11) is 0. The number of rotatable bonds is 3. The number of carbonyl (C=O) groups excluding carboxylic acids is 1. The molecule has 1 aromatic heterocycles. The van der Waals surface area contributed by atoms with Crippen molar-refractivity contribution in [1.29, 1.82) is 0 Å². The van der Waals surface area contributed by atoms with Gasteiger partial charge in [0.1, 0.15) is 0 Å². The fourth-order valence-electron chi connectivity index (χ4n) is 2.16. The van der Waals surface area contributed by atoms with Crippen molar-refractivity contribution in [2.45, 2.75) is 25.7 Å². The largest absolute Gasteiger partial charge is 0.392 e. The van der Waals surface area contributed by atoms with Crippen LogP contribution in [0.1, 0.15) is 25.7 Å². The number of amides is 1. The number of nitrogens with zero attached hydrogens (tertiary/aromatic N) is 2. The quantitative estimate of drug-likeness (QED) is 0.789. The standard InChI is InChI=1S/C11H14N4OS/c12-9(17)11(3-1-2-4-11)10(16)15-8-7-13-5-6-14-8/h5-7H,1-4H2,(H2,12,17)(H,14,15,16). The van der Waals surface area contributed by atoms with Gasteiger partial charge in [0.15, 0.2) is 5.82 Å². The minimum absolute atomic E-state index is 0.164. The predicted octanol–water partition coefficient (Wildman–Crippen LogP) is 1.26. The summed E-state index contributed by atoms with van der Waals surface area (Å²) in [5.74, 6) is 0.267. The van der Waals surface area contributed by atoms with Gasteiger partial charge in [-0.2, -0.15) is 0 Å². The van der Waals surface area contributed by atoms with Gasteiger partial charge in [0.05, 0.1) is 16.6 Å². The summed E-state index contributed by atoms with van der Waals surface area (Å²) < 4.78 is 0. The normalized spacial score (nSPS) is 17.6. The van der Waals surface area contributed by atoms with Gasteiger partial charge in [-0.05, 0) is 12.8 Å². The number of nitrogens with one attached hydrogen (secondary N) is 1. The molecule has 17 heavy (non-hydrogen) atoms. The van der Waals surface area contributed by atoms with Crippen LogP contribution in [0.15, 0.2) is 18.6 Å². The second-order valence-corrected chi connectivity index (χ2v) is 4.64. The molecule has 1 aromatic rings. The number of hydrogen-bond acceptors (Lipinski definition) is 4. The fourth-order valence-corrected chi connectivity index (χ4v) is 2.46. The van der Waals surface area contributed by atoms with E-state index >= 15 is 0 Å². The minimum Gasteiger partial charge on any atom is -0.392 e. The topological polar surface area (TPSA) is 80.9 Å². The lowest BCUT2D eigenvalue weighted by molar-refractivity contribution is -0.122. The molecular weight excluding hydrogens is 236 g/mol. The Morgan fingerprint density at radius 1 is 1.41 bits per heavy atom. The van der Waals surface area contributed by atoms with E-state index in [4.69, 9.17) is 18.0 Å². The van der Waals surface area contributed by atoms with E-state index in [1.807, 2.05) is 0 Å². The highest BCUT2D eigenvalue weighted by molar-refractivity contribution is 7.80. The van der Waals surface area contributed by atoms with E-state index in [-0.39, 0.29) is 10.9 Å². The van der Waals surface area contributed by atoms with Crippen molar-refractivity contribution in [3.8, 4) is 0 Å². The molecule has 0 atom stereocenters. The number of hydrogen-bond donors (Lipinski definition) is 2. The Morgan fingerprint density at radius 2 is 2.12 bits per heavy atom. The molecule has 0 spiro atoms. The van der Waals surface area contributed by atoms with Crippen LogP contribution in [0.5, 0.6) is 0 Å². The molecule has 1 fully saturated rings. The van der Waals surface area contributed by atoms with Crippen molar-refractivity contribution in [1.82, 2.24) is 9.97 Å². The van der Waals surface area contributed by atoms with Gasteiger partial charge >= 0.3 is 0 Å². The van der Waals surface area contributed by atoms with E-state index in [2.05, 4.69) is 15.3 Å². The van der Waals surface area contributed by atoms with Crippen LogP contribution in [-0.2, 0) is 4.79 Å². The van der Waals surface area contributed by atoms with Crippen molar-refractivity contribution in [2.24, 2.45) is 11.1 Å². The van der Waals surface area contributed by atoms with Crippen LogP contribution < -0.4 is 11.1 Å². The molecule has 0 bridgehead atoms. The van der Waals surface area contributed by atoms with E-state index in [1.54, 1.807) is 6.20 Å². The maximum absolute atomic E-state index is 12.2. The number of carbonyl (C=O) groups is 1. The average Bonchev–Trinajstić information content (AvgIpc) is 2.80. The first-order valence-corrected chi connectivity index (χ1v) is 5.93. The number of aromatic nitrogens is 2. The monoisotopic (exact) mass is 250 g/mol. The first kappa shape index (κ1) is 11.9. The number of nitrogens with two attached hydrogens (primary N) is 1. The van der Waals surface area contributed by atoms with Crippen molar-refractivity contribution in [3.63, 3.8) is 0 Å². The van der Waals surface area contributed by atoms with Crippen LogP contribution in [-0.4, -0.2) is 20.9 Å². The van der Waals surface area contributed by atoms with Crippen LogP contribution in [0.3, 0.4) is 0 Å². The fraction of sp³-hybridized carbons (Fsp3) is 0.455. The summed E-state index contributed by atoms with van der Waals surface area (Å²) in [6.45, 7) is 0. The number of thiocarbonyl (C=S) groups is 1. The molecule has 0 saturated heterocycles. The molecule has 5 nitrogen and oxygen atoms in total. The summed E-state index contributed by atoms with van der Waals surface area (Å²) >= 11 is 5.04. The lowest BCUT2D eigenvalue weighted by atomic mass is 9.85. The zero-order valence-corrected chi connectivity index (χ0v) is 10.2. The lowest BCUT2D eigenvalue weighted by Gasteiger charge is -2.25. The molecule has 0 aliphatic heterocycles. The molecule has 2 rings (SSSR count). The lowest BCUT2D eigenvalue weighted by Crippen LogP contribution is -2.44. The molecule has 1 amide bonds. The van der Waals surface area contributed by atoms with Crippen molar-refractivity contribution < 1.29 is 4.79 Å². The van der Waals surface area contributed by atoms with Gasteiger partial charge in [-0.15, -0.1) is 0 Å². The minimum atomic E-state index is -0.702. The van der Waals surface area contributed by atoms with Crippen LogP contribution >= 0.6 is 12.2 Å². The van der Waals surface area contributed by atoms with E-state index < -0.39 is 5.41 Å². The summed E-state index contributed by atoms with van der Waals surface area (Å²) in [4.78, 5) is 20.4. The third kappa shape index (κ3) is 2.26. The van der Waals surface area contributed by atoms with Crippen LogP contribution in [0.4, 0.5) is 5.82 Å². The molecule has 3 N–H and O–H groups in total. The summed E-state index contributed by atoms with van der Waals surface area (Å²) in [6, 6.07) is 0. The van der Waals surface area contributed by atoms with Gasteiger partial charge in [0, 0.05) is 12.4 Å². The SMILES string of the molecule is NC(=S)C1(C(=O)Nc2cnccn2)CCCC1. The molecule has 1 aliphatic rings. The van der Waals surface area contributed by atoms with Gasteiger partial charge in [0.2, 0.25) is 5.91 Å². The second-order valence-electron chi connectivity index (χ2n) is 4.20. The zero-order chi connectivity index (χ0) is 12.3. The molecule has 1 aliphatic carbocycles. The van der Waals surface area contributed by atoms with Gasteiger partial charge in [-0.1, -0.05) is 25.1 Å². The van der Waals surface area contributed by atoms with Crippen molar-refractivity contribution in [3.05, 3.63) is 18.6 Å². The second kappa shape index (κ2) is 4.75. The Labute approximate surface area is 105 Å². The Bertz CT molecular complexity index is 428. The molecular formula is C11H14N4OS. The Kier molecular flexibility index (Phi) is 3.33. The zero-order valence-electron chi connectivity index (χ0n) is 9.35. The van der Waals surface area contributed by atoms with Gasteiger partial charge in [-0.25, -0.2) is 4.98 Å². The number of anilines is 1. The van der Waals surface area contributed by atoms with E-state index in [1.165, 1.54) is 12.4 Å². The van der Waals surface area contributed by atoms with Gasteiger partial charge in [0.25, 0.3) is 0 Å². The molecule has 6 heteroatoms. The summed E-state index contributed by atoms with van der Waals surface area (Å²) in [5.41, 5.74) is 5.02. The molecule has 0 radical (unpaired) electrons. The molecule has 1 saturated carbocycles. The first-order valence-electron chi connectivity index (χ1n) is 5.52. The van der Waals surface area contributed by atoms with Crippen molar-refractivity contribution in [2.75, 3.05) is 5.32 Å². The molecule has 0 aromatic carbocycles. The Balaban J connectivity index is 2.16. The smallest absolute Gasteiger partial charge is 0.238 e. The van der Waals surface area contributed by atoms with Gasteiger partial charge < -0.3 is 11.1 Å². The van der Waals surface area contributed by atoms with Crippen LogP contribution in [0, 0.1) is 5.41 Å². The third-order valence-corrected chi connectivity index (χ3v) is 3.56. The van der Waals surface area contributed by atoms with Crippen LogP contribution in [0.2, 0.25) is 0 Å². The maximum Gasteiger partial charge on any atom is 0.238 e. The van der Waals surface area contributed by atoms with E-state index in [9.17, 15) is 4.79 Å². The molecule has 90 valence electrons. The van der Waals surface area contributed by atoms with E-state index in [0.717, 1.165) is 12.8 Å². The van der Waals surface area contributed by atoms with Crippen molar-refractivity contribution >= 4 is 28.9 Å². The molecule has 0 unspecified atom stereocenters. The highest BCUT2D eigenvalue weighted by Gasteiger charge is 2.44. The summed E-state index contributed by atoms with van der Waals surface area (Å²) in [5, 5.41) is 2.73. The van der Waals surface area contributed by atoms with E-state index in [0.29, 0.717) is 18.7 Å². The highest BCUT2D eigenvalue weighted by Crippen LogP contribution is 2.39. The Morgan fingerprint density at radius 3 is 2.65 bits per heavy atom. The predicted molar refractivity (Wildman–Crippen MR) is 68.3 cm³/mol. The molecule has 1 heterocycles. The average molecular weight is 250 g/mol. The maximum atomic E-state index is 12.2. The highest BCUT2D eigenvalue weighted by atomic mass is 32.1. The summed E-state index contributed by atoms with van der Waals surface area (Å²) in [6.07, 6.45) is 7.96. The third-order valence-electron chi connectivity index (χ3n) is 3.17.